The molecule has 138 valence electrons. The molecule has 0 aliphatic carbocycles. The van der Waals surface area contributed by atoms with Crippen LogP contribution in [0.2, 0.25) is 0 Å². The topological polar surface area (TPSA) is 44.6 Å². The van der Waals surface area contributed by atoms with Crippen LogP contribution in [0.25, 0.3) is 0 Å². The molecule has 2 aliphatic rings. The molecule has 0 radical (unpaired) electrons. The summed E-state index contributed by atoms with van der Waals surface area (Å²) < 4.78 is 14.7. The van der Waals surface area contributed by atoms with Crippen molar-refractivity contribution >= 4 is 5.69 Å². The first-order valence-electron chi connectivity index (χ1n) is 9.17. The summed E-state index contributed by atoms with van der Waals surface area (Å²) in [6, 6.07) is 9.17. The minimum atomic E-state index is -0.185. The van der Waals surface area contributed by atoms with E-state index in [1.54, 1.807) is 16.8 Å². The summed E-state index contributed by atoms with van der Waals surface area (Å²) in [5, 5.41) is 0. The summed E-state index contributed by atoms with van der Waals surface area (Å²) >= 11 is 0. The van der Waals surface area contributed by atoms with Crippen LogP contribution < -0.4 is 10.6 Å². The zero-order chi connectivity index (χ0) is 17.9. The quantitative estimate of drug-likeness (QED) is 0.795. The number of anilines is 1. The van der Waals surface area contributed by atoms with Crippen LogP contribution in [0.4, 0.5) is 10.1 Å². The predicted molar refractivity (Wildman–Crippen MR) is 98.9 cm³/mol. The average Bonchev–Trinajstić information content (AvgIpc) is 2.63. The molecule has 3 heterocycles. The number of hydrogen-bond donors (Lipinski definition) is 0. The number of piperazine rings is 1. The van der Waals surface area contributed by atoms with Crippen LogP contribution in [-0.4, -0.2) is 71.2 Å². The SMILES string of the molecule is O=c1ncccn1CCN1CC(N2CCN(c3ccc(F)cc3)CC2)C1. The van der Waals surface area contributed by atoms with Gasteiger partial charge in [0, 0.05) is 76.5 Å². The van der Waals surface area contributed by atoms with E-state index in [9.17, 15) is 9.18 Å². The van der Waals surface area contributed by atoms with E-state index in [0.717, 1.165) is 51.5 Å². The van der Waals surface area contributed by atoms with Crippen molar-refractivity contribution in [2.24, 2.45) is 0 Å². The molecule has 2 saturated heterocycles. The molecule has 2 aliphatic heterocycles. The van der Waals surface area contributed by atoms with Gasteiger partial charge < -0.3 is 4.90 Å². The van der Waals surface area contributed by atoms with Gasteiger partial charge in [-0.05, 0) is 30.3 Å². The summed E-state index contributed by atoms with van der Waals surface area (Å²) in [6.07, 6.45) is 3.32. The minimum Gasteiger partial charge on any atom is -0.369 e. The summed E-state index contributed by atoms with van der Waals surface area (Å²) in [6.45, 7) is 7.74. The third-order valence-corrected chi connectivity index (χ3v) is 5.40. The lowest BCUT2D eigenvalue weighted by molar-refractivity contribution is 0.0286. The zero-order valence-corrected chi connectivity index (χ0v) is 14.8. The summed E-state index contributed by atoms with van der Waals surface area (Å²) in [7, 11) is 0. The Balaban J connectivity index is 1.20. The molecule has 0 atom stereocenters. The molecule has 0 unspecified atom stereocenters. The van der Waals surface area contributed by atoms with Gasteiger partial charge in [-0.15, -0.1) is 0 Å². The third-order valence-electron chi connectivity index (χ3n) is 5.40. The standard InChI is InChI=1S/C19H24FN5O/c20-16-2-4-17(5-3-16)23-10-12-24(13-11-23)18-14-22(15-18)8-9-25-7-1-6-21-19(25)26/h1-7,18H,8-15H2. The van der Waals surface area contributed by atoms with Crippen LogP contribution in [-0.2, 0) is 6.54 Å². The molecule has 2 aromatic rings. The van der Waals surface area contributed by atoms with Gasteiger partial charge in [0.25, 0.3) is 0 Å². The fraction of sp³-hybridized carbons (Fsp3) is 0.474. The summed E-state index contributed by atoms with van der Waals surface area (Å²) in [5.41, 5.74) is 0.921. The summed E-state index contributed by atoms with van der Waals surface area (Å²) in [4.78, 5) is 22.7. The maximum Gasteiger partial charge on any atom is 0.347 e. The van der Waals surface area contributed by atoms with E-state index in [1.807, 2.05) is 12.1 Å². The van der Waals surface area contributed by atoms with E-state index in [-0.39, 0.29) is 11.5 Å². The Labute approximate surface area is 152 Å². The Morgan fingerprint density at radius 2 is 1.77 bits per heavy atom. The fourth-order valence-electron chi connectivity index (χ4n) is 3.76. The molecule has 4 rings (SSSR count). The van der Waals surface area contributed by atoms with Gasteiger partial charge in [0.2, 0.25) is 0 Å². The Hall–Kier alpha value is -2.25. The third kappa shape index (κ3) is 3.78. The molecule has 0 N–H and O–H groups in total. The lowest BCUT2D eigenvalue weighted by Crippen LogP contribution is -2.63. The van der Waals surface area contributed by atoms with Gasteiger partial charge in [-0.3, -0.25) is 14.4 Å². The van der Waals surface area contributed by atoms with Crippen LogP contribution in [0.15, 0.2) is 47.5 Å². The average molecular weight is 357 g/mol. The Morgan fingerprint density at radius 3 is 2.46 bits per heavy atom. The monoisotopic (exact) mass is 357 g/mol. The molecule has 26 heavy (non-hydrogen) atoms. The molecular formula is C19H24FN5O. The highest BCUT2D eigenvalue weighted by atomic mass is 19.1. The van der Waals surface area contributed by atoms with Crippen molar-refractivity contribution in [2.75, 3.05) is 50.7 Å². The number of rotatable bonds is 5. The largest absolute Gasteiger partial charge is 0.369 e. The van der Waals surface area contributed by atoms with E-state index in [4.69, 9.17) is 0 Å². The summed E-state index contributed by atoms with van der Waals surface area (Å²) in [5.74, 6) is -0.185. The fourth-order valence-corrected chi connectivity index (χ4v) is 3.76. The van der Waals surface area contributed by atoms with Gasteiger partial charge >= 0.3 is 5.69 Å². The number of aromatic nitrogens is 2. The van der Waals surface area contributed by atoms with Gasteiger partial charge in [-0.1, -0.05) is 0 Å². The lowest BCUT2D eigenvalue weighted by atomic mass is 10.1. The van der Waals surface area contributed by atoms with Crippen molar-refractivity contribution in [3.63, 3.8) is 0 Å². The van der Waals surface area contributed by atoms with Gasteiger partial charge in [-0.2, -0.15) is 0 Å². The Bertz CT molecular complexity index is 779. The molecule has 7 heteroatoms. The molecule has 1 aromatic carbocycles. The second-order valence-electron chi connectivity index (χ2n) is 7.01. The smallest absolute Gasteiger partial charge is 0.347 e. The number of hydrogen-bond acceptors (Lipinski definition) is 5. The van der Waals surface area contributed by atoms with Crippen molar-refractivity contribution < 1.29 is 4.39 Å². The Morgan fingerprint density at radius 1 is 1.04 bits per heavy atom. The molecule has 2 fully saturated rings. The normalized spacial score (nSPS) is 19.5. The van der Waals surface area contributed by atoms with E-state index >= 15 is 0 Å². The highest BCUT2D eigenvalue weighted by molar-refractivity contribution is 5.46. The van der Waals surface area contributed by atoms with Crippen LogP contribution in [0.3, 0.4) is 0 Å². The predicted octanol–water partition coefficient (Wildman–Crippen LogP) is 0.889. The van der Waals surface area contributed by atoms with Crippen LogP contribution in [0.1, 0.15) is 0 Å². The molecular weight excluding hydrogens is 333 g/mol. The van der Waals surface area contributed by atoms with Gasteiger partial charge in [0.05, 0.1) is 0 Å². The van der Waals surface area contributed by atoms with Gasteiger partial charge in [0.1, 0.15) is 5.82 Å². The van der Waals surface area contributed by atoms with Crippen molar-refractivity contribution in [1.29, 1.82) is 0 Å². The molecule has 0 amide bonds. The van der Waals surface area contributed by atoms with E-state index in [2.05, 4.69) is 19.7 Å². The first-order valence-corrected chi connectivity index (χ1v) is 9.17. The Kier molecular flexibility index (Phi) is 4.99. The van der Waals surface area contributed by atoms with Crippen molar-refractivity contribution in [3.05, 3.63) is 59.0 Å². The first kappa shape index (κ1) is 17.2. The van der Waals surface area contributed by atoms with Gasteiger partial charge in [-0.25, -0.2) is 14.2 Å². The van der Waals surface area contributed by atoms with E-state index < -0.39 is 0 Å². The first-order chi connectivity index (χ1) is 12.7. The van der Waals surface area contributed by atoms with Gasteiger partial charge in [0.15, 0.2) is 0 Å². The highest BCUT2D eigenvalue weighted by Gasteiger charge is 2.33. The zero-order valence-electron chi connectivity index (χ0n) is 14.8. The molecule has 6 nitrogen and oxygen atoms in total. The molecule has 0 saturated carbocycles. The van der Waals surface area contributed by atoms with E-state index in [1.165, 1.54) is 18.3 Å². The second kappa shape index (κ2) is 7.55. The van der Waals surface area contributed by atoms with Crippen molar-refractivity contribution in [1.82, 2.24) is 19.4 Å². The van der Waals surface area contributed by atoms with Crippen LogP contribution in [0.5, 0.6) is 0 Å². The maximum atomic E-state index is 13.1. The van der Waals surface area contributed by atoms with Crippen molar-refractivity contribution in [2.45, 2.75) is 12.6 Å². The molecule has 0 spiro atoms. The highest BCUT2D eigenvalue weighted by Crippen LogP contribution is 2.20. The second-order valence-corrected chi connectivity index (χ2v) is 7.01. The minimum absolute atomic E-state index is 0.179. The number of halogens is 1. The molecule has 0 bridgehead atoms. The van der Waals surface area contributed by atoms with Crippen LogP contribution in [0, 0.1) is 5.82 Å². The lowest BCUT2D eigenvalue weighted by Gasteiger charge is -2.48. The van der Waals surface area contributed by atoms with E-state index in [0.29, 0.717) is 12.6 Å². The number of likely N-dealkylation sites (tertiary alicyclic amines) is 1. The number of benzene rings is 1. The number of nitrogens with zero attached hydrogens (tertiary/aromatic N) is 5. The van der Waals surface area contributed by atoms with Crippen molar-refractivity contribution in [3.8, 4) is 0 Å². The maximum absolute atomic E-state index is 13.1. The molecule has 1 aromatic heterocycles. The van der Waals surface area contributed by atoms with Crippen LogP contribution >= 0.6 is 0 Å².